The first-order chi connectivity index (χ1) is 13.2. The molecule has 2 atom stereocenters. The second-order valence-corrected chi connectivity index (χ2v) is 7.60. The van der Waals surface area contributed by atoms with E-state index in [1.807, 2.05) is 6.92 Å². The fraction of sp³-hybridized carbons (Fsp3) is 0.571. The third-order valence-corrected chi connectivity index (χ3v) is 5.76. The number of aryl methyl sites for hydroxylation is 3. The zero-order chi connectivity index (χ0) is 18.6. The number of amides is 1. The Balaban J connectivity index is 1.19. The molecule has 0 radical (unpaired) electrons. The quantitative estimate of drug-likeness (QED) is 0.796. The fourth-order valence-electron chi connectivity index (χ4n) is 4.21. The third-order valence-electron chi connectivity index (χ3n) is 5.76. The van der Waals surface area contributed by atoms with Crippen LogP contribution in [0, 0.1) is 12.8 Å². The molecule has 1 amide bonds. The molecule has 1 aliphatic heterocycles. The van der Waals surface area contributed by atoms with Gasteiger partial charge in [-0.25, -0.2) is 0 Å². The second-order valence-electron chi connectivity index (χ2n) is 7.60. The summed E-state index contributed by atoms with van der Waals surface area (Å²) in [5, 5.41) is 11.3. The number of hydrogen-bond donors (Lipinski definition) is 1. The van der Waals surface area contributed by atoms with Gasteiger partial charge in [0.15, 0.2) is 0 Å². The molecule has 0 saturated carbocycles. The summed E-state index contributed by atoms with van der Waals surface area (Å²) >= 11 is 0. The molecule has 6 heteroatoms. The molecule has 2 aromatic rings. The average Bonchev–Trinajstić information content (AvgIpc) is 3.08. The van der Waals surface area contributed by atoms with Crippen LogP contribution in [0.4, 0.5) is 0 Å². The van der Waals surface area contributed by atoms with Crippen LogP contribution in [0.2, 0.25) is 0 Å². The van der Waals surface area contributed by atoms with Gasteiger partial charge < -0.3 is 14.6 Å². The largest absolute Gasteiger partial charge is 0.373 e. The zero-order valence-corrected chi connectivity index (χ0v) is 16.0. The molecule has 0 fully saturated rings. The number of benzene rings is 1. The highest BCUT2D eigenvalue weighted by Gasteiger charge is 2.26. The van der Waals surface area contributed by atoms with Crippen molar-refractivity contribution in [1.82, 2.24) is 20.1 Å². The first kappa shape index (κ1) is 18.2. The van der Waals surface area contributed by atoms with E-state index >= 15 is 0 Å². The molecule has 0 saturated heterocycles. The summed E-state index contributed by atoms with van der Waals surface area (Å²) in [6, 6.07) is 8.59. The van der Waals surface area contributed by atoms with Gasteiger partial charge in [0.05, 0.1) is 12.0 Å². The van der Waals surface area contributed by atoms with Gasteiger partial charge >= 0.3 is 0 Å². The summed E-state index contributed by atoms with van der Waals surface area (Å²) in [4.78, 5) is 12.5. The Morgan fingerprint density at radius 2 is 2.15 bits per heavy atom. The number of rotatable bonds is 6. The standard InChI is InChI=1S/C21H28N4O2/c1-15-23-24-20-11-10-17(14-25(15)20)21(26)22-12-5-13-27-19-9-4-7-16-6-2-3-8-18(16)19/h2-3,6,8,17,19H,4-5,7,9-14H2,1H3,(H,22,26)/t17-,19-/m0/s1. The number of ether oxygens (including phenoxy) is 1. The lowest BCUT2D eigenvalue weighted by Crippen LogP contribution is -2.37. The van der Waals surface area contributed by atoms with Crippen molar-refractivity contribution in [2.75, 3.05) is 13.2 Å². The Morgan fingerprint density at radius 1 is 1.26 bits per heavy atom. The van der Waals surface area contributed by atoms with Crippen LogP contribution in [0.25, 0.3) is 0 Å². The normalized spacial score (nSPS) is 21.4. The minimum absolute atomic E-state index is 0.0124. The van der Waals surface area contributed by atoms with Crippen LogP contribution < -0.4 is 5.32 Å². The van der Waals surface area contributed by atoms with Crippen LogP contribution in [0.1, 0.15) is 54.6 Å². The van der Waals surface area contributed by atoms with Crippen molar-refractivity contribution in [2.45, 2.75) is 58.1 Å². The van der Waals surface area contributed by atoms with Gasteiger partial charge in [-0.2, -0.15) is 0 Å². The summed E-state index contributed by atoms with van der Waals surface area (Å²) in [6.45, 7) is 3.98. The topological polar surface area (TPSA) is 69.0 Å². The molecular formula is C21H28N4O2. The number of carbonyl (C=O) groups excluding carboxylic acids is 1. The van der Waals surface area contributed by atoms with Gasteiger partial charge in [0.2, 0.25) is 5.91 Å². The summed E-state index contributed by atoms with van der Waals surface area (Å²) < 4.78 is 8.18. The van der Waals surface area contributed by atoms with Gasteiger partial charge in [0.25, 0.3) is 0 Å². The van der Waals surface area contributed by atoms with Crippen LogP contribution in [0.3, 0.4) is 0 Å². The van der Waals surface area contributed by atoms with Crippen molar-refractivity contribution in [1.29, 1.82) is 0 Å². The van der Waals surface area contributed by atoms with Crippen LogP contribution in [0.15, 0.2) is 24.3 Å². The Labute approximate surface area is 160 Å². The van der Waals surface area contributed by atoms with Gasteiger partial charge in [0, 0.05) is 26.1 Å². The van der Waals surface area contributed by atoms with Gasteiger partial charge in [-0.05, 0) is 50.2 Å². The molecular weight excluding hydrogens is 340 g/mol. The van der Waals surface area contributed by atoms with Crippen molar-refractivity contribution < 1.29 is 9.53 Å². The number of carbonyl (C=O) groups is 1. The van der Waals surface area contributed by atoms with Crippen LogP contribution in [-0.2, 0) is 28.9 Å². The van der Waals surface area contributed by atoms with Crippen LogP contribution >= 0.6 is 0 Å². The van der Waals surface area contributed by atoms with Crippen molar-refractivity contribution in [3.63, 3.8) is 0 Å². The summed E-state index contributed by atoms with van der Waals surface area (Å²) in [7, 11) is 0. The van der Waals surface area contributed by atoms with E-state index < -0.39 is 0 Å². The van der Waals surface area contributed by atoms with Crippen LogP contribution in [-0.4, -0.2) is 33.8 Å². The Kier molecular flexibility index (Phi) is 5.53. The maximum absolute atomic E-state index is 12.5. The molecule has 2 aliphatic rings. The van der Waals surface area contributed by atoms with E-state index in [0.29, 0.717) is 19.7 Å². The first-order valence-electron chi connectivity index (χ1n) is 10.1. The Morgan fingerprint density at radius 3 is 3.07 bits per heavy atom. The van der Waals surface area contributed by atoms with E-state index in [2.05, 4.69) is 44.3 Å². The highest BCUT2D eigenvalue weighted by molar-refractivity contribution is 5.78. The van der Waals surface area contributed by atoms with E-state index in [1.165, 1.54) is 17.5 Å². The third kappa shape index (κ3) is 4.05. The molecule has 1 aromatic heterocycles. The number of fused-ring (bicyclic) bond motifs is 2. The van der Waals surface area contributed by atoms with Crippen molar-refractivity contribution >= 4 is 5.91 Å². The maximum atomic E-state index is 12.5. The molecule has 6 nitrogen and oxygen atoms in total. The smallest absolute Gasteiger partial charge is 0.224 e. The van der Waals surface area contributed by atoms with Crippen molar-refractivity contribution in [3.05, 3.63) is 47.0 Å². The number of nitrogens with one attached hydrogen (secondary N) is 1. The van der Waals surface area contributed by atoms with Gasteiger partial charge in [0.1, 0.15) is 11.6 Å². The molecule has 4 rings (SSSR count). The van der Waals surface area contributed by atoms with E-state index in [1.54, 1.807) is 0 Å². The minimum atomic E-state index is 0.0124. The lowest BCUT2D eigenvalue weighted by molar-refractivity contribution is -0.126. The van der Waals surface area contributed by atoms with Gasteiger partial charge in [-0.1, -0.05) is 24.3 Å². The van der Waals surface area contributed by atoms with E-state index in [0.717, 1.165) is 43.8 Å². The SMILES string of the molecule is Cc1nnc2n1C[C@@H](C(=O)NCCCO[C@H]1CCCc3ccccc31)CC2. The maximum Gasteiger partial charge on any atom is 0.224 e. The van der Waals surface area contributed by atoms with Gasteiger partial charge in [-0.3, -0.25) is 4.79 Å². The minimum Gasteiger partial charge on any atom is -0.373 e. The summed E-state index contributed by atoms with van der Waals surface area (Å²) in [5.41, 5.74) is 2.76. The number of aromatic nitrogens is 3. The monoisotopic (exact) mass is 368 g/mol. The molecule has 144 valence electrons. The molecule has 2 heterocycles. The molecule has 1 aromatic carbocycles. The Hall–Kier alpha value is -2.21. The van der Waals surface area contributed by atoms with E-state index in [-0.39, 0.29) is 17.9 Å². The van der Waals surface area contributed by atoms with Crippen molar-refractivity contribution in [2.24, 2.45) is 5.92 Å². The fourth-order valence-corrected chi connectivity index (χ4v) is 4.21. The zero-order valence-electron chi connectivity index (χ0n) is 16.0. The number of hydrogen-bond acceptors (Lipinski definition) is 4. The van der Waals surface area contributed by atoms with Crippen LogP contribution in [0.5, 0.6) is 0 Å². The van der Waals surface area contributed by atoms with Gasteiger partial charge in [-0.15, -0.1) is 10.2 Å². The molecule has 1 aliphatic carbocycles. The molecule has 1 N–H and O–H groups in total. The van der Waals surface area contributed by atoms with E-state index in [9.17, 15) is 4.79 Å². The number of nitrogens with zero attached hydrogens (tertiary/aromatic N) is 3. The van der Waals surface area contributed by atoms with E-state index in [4.69, 9.17) is 4.74 Å². The lowest BCUT2D eigenvalue weighted by Gasteiger charge is -2.26. The highest BCUT2D eigenvalue weighted by Crippen LogP contribution is 2.32. The molecule has 0 unspecified atom stereocenters. The predicted octanol–water partition coefficient (Wildman–Crippen LogP) is 2.75. The molecule has 0 spiro atoms. The highest BCUT2D eigenvalue weighted by atomic mass is 16.5. The Bertz CT molecular complexity index is 801. The van der Waals surface area contributed by atoms with Crippen molar-refractivity contribution in [3.8, 4) is 0 Å². The predicted molar refractivity (Wildman–Crippen MR) is 102 cm³/mol. The molecule has 0 bridgehead atoms. The molecule has 27 heavy (non-hydrogen) atoms. The lowest BCUT2D eigenvalue weighted by atomic mass is 9.89. The average molecular weight is 368 g/mol. The summed E-state index contributed by atoms with van der Waals surface area (Å²) in [6.07, 6.45) is 6.15. The first-order valence-corrected chi connectivity index (χ1v) is 10.1. The second kappa shape index (κ2) is 8.21. The summed E-state index contributed by atoms with van der Waals surface area (Å²) in [5.74, 6) is 2.04.